The van der Waals surface area contributed by atoms with Crippen molar-refractivity contribution >= 4 is 51.6 Å². The van der Waals surface area contributed by atoms with E-state index < -0.39 is 0 Å². The topological polar surface area (TPSA) is 154 Å². The number of aromatic nitrogens is 4. The van der Waals surface area contributed by atoms with E-state index in [0.29, 0.717) is 51.4 Å². The van der Waals surface area contributed by atoms with Crippen molar-refractivity contribution in [2.75, 3.05) is 30.8 Å². The van der Waals surface area contributed by atoms with Gasteiger partial charge in [0.15, 0.2) is 5.78 Å². The average Bonchev–Trinajstić information content (AvgIpc) is 3.49. The van der Waals surface area contributed by atoms with Gasteiger partial charge in [-0.15, -0.1) is 0 Å². The molecule has 3 aromatic heterocycles. The SMILES string of the molecule is CC(=O)C(=N)c1cc(-c2cnc(C)nc2)ncc1NCC=O.CC1C2CN(C)C(C)C12.Cc1ccc(Br)nc1NC=O. The summed E-state index contributed by atoms with van der Waals surface area (Å²) in [5.41, 5.74) is 2.89. The van der Waals surface area contributed by atoms with Crippen LogP contribution in [0, 0.1) is 37.0 Å². The number of aryl methyl sites for hydroxylation is 2. The molecule has 2 fully saturated rings. The van der Waals surface area contributed by atoms with Crippen LogP contribution in [0.4, 0.5) is 11.5 Å². The molecular formula is C30H37BrN8O3. The molecule has 5 rings (SSSR count). The van der Waals surface area contributed by atoms with E-state index >= 15 is 0 Å². The Labute approximate surface area is 254 Å². The van der Waals surface area contributed by atoms with Gasteiger partial charge in [0.2, 0.25) is 6.41 Å². The molecule has 1 aliphatic heterocycles. The van der Waals surface area contributed by atoms with Crippen molar-refractivity contribution in [2.45, 2.75) is 40.7 Å². The lowest BCUT2D eigenvalue weighted by atomic mass is 10.0. The number of hydrogen-bond acceptors (Lipinski definition) is 10. The first-order chi connectivity index (χ1) is 20.0. The Morgan fingerprint density at radius 3 is 2.38 bits per heavy atom. The maximum atomic E-state index is 11.5. The summed E-state index contributed by atoms with van der Waals surface area (Å²) in [6, 6.07) is 6.18. The van der Waals surface area contributed by atoms with Crippen LogP contribution in [0.2, 0.25) is 0 Å². The molecule has 0 radical (unpaired) electrons. The molecule has 1 aliphatic carbocycles. The highest BCUT2D eigenvalue weighted by Gasteiger charge is 2.55. The van der Waals surface area contributed by atoms with E-state index in [-0.39, 0.29) is 18.0 Å². The number of anilines is 2. The van der Waals surface area contributed by atoms with Crippen molar-refractivity contribution < 1.29 is 14.4 Å². The quantitative estimate of drug-likeness (QED) is 0.186. The number of amides is 1. The molecule has 0 bridgehead atoms. The smallest absolute Gasteiger partial charge is 0.212 e. The molecule has 222 valence electrons. The fraction of sp³-hybridized carbons (Fsp3) is 0.400. The molecule has 0 spiro atoms. The molecule has 1 saturated carbocycles. The third-order valence-electron chi connectivity index (χ3n) is 7.62. The first-order valence-electron chi connectivity index (χ1n) is 13.6. The van der Waals surface area contributed by atoms with Crippen molar-refractivity contribution in [1.29, 1.82) is 5.41 Å². The van der Waals surface area contributed by atoms with Gasteiger partial charge >= 0.3 is 0 Å². The number of halogens is 1. The minimum atomic E-state index is -0.369. The number of rotatable bonds is 8. The van der Waals surface area contributed by atoms with Crippen molar-refractivity contribution in [3.63, 3.8) is 0 Å². The molecule has 3 aromatic rings. The summed E-state index contributed by atoms with van der Waals surface area (Å²) in [6.07, 6.45) is 6.06. The number of nitrogens with one attached hydrogen (secondary N) is 3. The highest BCUT2D eigenvalue weighted by Crippen LogP contribution is 2.54. The van der Waals surface area contributed by atoms with Gasteiger partial charge in [-0.2, -0.15) is 0 Å². The van der Waals surface area contributed by atoms with Gasteiger partial charge in [-0.3, -0.25) is 20.0 Å². The van der Waals surface area contributed by atoms with Crippen LogP contribution in [0.25, 0.3) is 11.3 Å². The second-order valence-corrected chi connectivity index (χ2v) is 11.3. The number of carbonyl (C=O) groups is 3. The Bertz CT molecular complexity index is 1430. The Morgan fingerprint density at radius 1 is 1.14 bits per heavy atom. The number of likely N-dealkylation sites (tertiary alicyclic amines) is 1. The van der Waals surface area contributed by atoms with Gasteiger partial charge < -0.3 is 20.3 Å². The lowest BCUT2D eigenvalue weighted by molar-refractivity contribution is -0.111. The van der Waals surface area contributed by atoms with Crippen molar-refractivity contribution in [3.05, 3.63) is 58.3 Å². The maximum absolute atomic E-state index is 11.5. The van der Waals surface area contributed by atoms with Gasteiger partial charge in [-0.05, 0) is 79.2 Å². The minimum absolute atomic E-state index is 0.0762. The monoisotopic (exact) mass is 636 g/mol. The normalized spacial score (nSPS) is 20.1. The van der Waals surface area contributed by atoms with Crippen LogP contribution in [-0.4, -0.2) is 75.2 Å². The summed E-state index contributed by atoms with van der Waals surface area (Å²) in [4.78, 5) is 51.1. The molecule has 2 aliphatic rings. The number of pyridine rings is 2. The van der Waals surface area contributed by atoms with Crippen LogP contribution < -0.4 is 10.6 Å². The molecule has 3 N–H and O–H groups in total. The predicted octanol–water partition coefficient (Wildman–Crippen LogP) is 4.34. The highest BCUT2D eigenvalue weighted by molar-refractivity contribution is 9.10. The highest BCUT2D eigenvalue weighted by atomic mass is 79.9. The molecule has 1 amide bonds. The summed E-state index contributed by atoms with van der Waals surface area (Å²) in [6.45, 7) is 11.2. The molecule has 12 heteroatoms. The van der Waals surface area contributed by atoms with Crippen molar-refractivity contribution in [1.82, 2.24) is 24.8 Å². The molecule has 4 unspecified atom stereocenters. The second kappa shape index (κ2) is 14.8. The summed E-state index contributed by atoms with van der Waals surface area (Å²) < 4.78 is 0.715. The van der Waals surface area contributed by atoms with E-state index in [0.717, 1.165) is 29.4 Å². The number of ketones is 1. The van der Waals surface area contributed by atoms with E-state index in [2.05, 4.69) is 72.3 Å². The third kappa shape index (κ3) is 8.32. The van der Waals surface area contributed by atoms with Crippen LogP contribution >= 0.6 is 15.9 Å². The molecule has 4 heterocycles. The van der Waals surface area contributed by atoms with Gasteiger partial charge in [0.05, 0.1) is 24.1 Å². The minimum Gasteiger partial charge on any atom is -0.376 e. The Kier molecular flexibility index (Phi) is 11.5. The lowest BCUT2D eigenvalue weighted by Gasteiger charge is -2.19. The third-order valence-corrected chi connectivity index (χ3v) is 8.07. The van der Waals surface area contributed by atoms with Crippen LogP contribution in [0.1, 0.15) is 37.7 Å². The molecule has 42 heavy (non-hydrogen) atoms. The van der Waals surface area contributed by atoms with Crippen LogP contribution in [0.5, 0.6) is 0 Å². The first-order valence-corrected chi connectivity index (χ1v) is 14.4. The largest absolute Gasteiger partial charge is 0.376 e. The van der Waals surface area contributed by atoms with Crippen LogP contribution in [0.3, 0.4) is 0 Å². The van der Waals surface area contributed by atoms with Crippen molar-refractivity contribution in [3.8, 4) is 11.3 Å². The Balaban J connectivity index is 0.000000199. The second-order valence-electron chi connectivity index (χ2n) is 10.5. The van der Waals surface area contributed by atoms with E-state index in [1.807, 2.05) is 19.1 Å². The van der Waals surface area contributed by atoms with Crippen LogP contribution in [0.15, 0.2) is 41.4 Å². The summed E-state index contributed by atoms with van der Waals surface area (Å²) in [5, 5.41) is 13.2. The van der Waals surface area contributed by atoms with Gasteiger partial charge in [-0.25, -0.2) is 15.0 Å². The number of carbonyl (C=O) groups excluding carboxylic acids is 3. The van der Waals surface area contributed by atoms with Gasteiger partial charge in [0.25, 0.3) is 0 Å². The van der Waals surface area contributed by atoms with Gasteiger partial charge in [-0.1, -0.05) is 13.0 Å². The first kappa shape index (κ1) is 32.6. The van der Waals surface area contributed by atoms with Gasteiger partial charge in [0, 0.05) is 43.0 Å². The summed E-state index contributed by atoms with van der Waals surface area (Å²) >= 11 is 3.20. The summed E-state index contributed by atoms with van der Waals surface area (Å²) in [5.74, 6) is 4.02. The number of piperidine rings is 1. The van der Waals surface area contributed by atoms with E-state index in [4.69, 9.17) is 5.41 Å². The predicted molar refractivity (Wildman–Crippen MR) is 167 cm³/mol. The van der Waals surface area contributed by atoms with E-state index in [1.165, 1.54) is 19.7 Å². The van der Waals surface area contributed by atoms with Crippen molar-refractivity contribution in [2.24, 2.45) is 17.8 Å². The zero-order chi connectivity index (χ0) is 31.0. The number of nitrogens with zero attached hydrogens (tertiary/aromatic N) is 5. The van der Waals surface area contributed by atoms with Crippen LogP contribution in [-0.2, 0) is 14.4 Å². The number of fused-ring (bicyclic) bond motifs is 1. The van der Waals surface area contributed by atoms with Gasteiger partial charge in [0.1, 0.15) is 28.2 Å². The maximum Gasteiger partial charge on any atom is 0.212 e. The standard InChI is InChI=1S/C15H15N5O2.C8H15N.C7H7BrN2O/c1-9(22)15(16)12-5-13(11-6-18-10(2)19-7-11)20-8-14(12)17-3-4-21;1-5-7-4-9(3)6(2)8(5)7;1-5-2-3-6(8)10-7(5)9-4-11/h4-8,16-17H,3H2,1-2H3;5-8H,4H2,1-3H3;2-4H,1H3,(H,9,10,11). The molecule has 0 aromatic carbocycles. The molecule has 11 nitrogen and oxygen atoms in total. The zero-order valence-electron chi connectivity index (χ0n) is 24.7. The lowest BCUT2D eigenvalue weighted by Crippen LogP contribution is -2.27. The number of hydrogen-bond donors (Lipinski definition) is 3. The van der Waals surface area contributed by atoms with E-state index in [9.17, 15) is 14.4 Å². The fourth-order valence-electron chi connectivity index (χ4n) is 4.99. The zero-order valence-corrected chi connectivity index (χ0v) is 26.3. The Hall–Kier alpha value is -3.90. The number of aldehydes is 1. The molecule has 1 saturated heterocycles. The number of Topliss-reactive ketones (excluding diaryl/α,β-unsaturated/α-hetero) is 1. The van der Waals surface area contributed by atoms with E-state index in [1.54, 1.807) is 25.4 Å². The Morgan fingerprint density at radius 2 is 1.83 bits per heavy atom. The summed E-state index contributed by atoms with van der Waals surface area (Å²) in [7, 11) is 2.24. The molecular weight excluding hydrogens is 600 g/mol. The molecule has 4 atom stereocenters. The average molecular weight is 638 g/mol. The fourth-order valence-corrected chi connectivity index (χ4v) is 5.30.